The first kappa shape index (κ1) is 22.9. The van der Waals surface area contributed by atoms with E-state index >= 15 is 0 Å². The zero-order valence-electron chi connectivity index (χ0n) is 18.1. The molecule has 1 N–H and O–H groups in total. The highest BCUT2D eigenvalue weighted by Crippen LogP contribution is 2.26. The van der Waals surface area contributed by atoms with Crippen LogP contribution >= 0.6 is 7.36 Å². The summed E-state index contributed by atoms with van der Waals surface area (Å²) in [6.07, 6.45) is 1.69. The lowest BCUT2D eigenvalue weighted by Gasteiger charge is -2.26. The summed E-state index contributed by atoms with van der Waals surface area (Å²) in [5.74, 6) is 6.32. The summed E-state index contributed by atoms with van der Waals surface area (Å²) in [4.78, 5) is 27.4. The van der Waals surface area contributed by atoms with Crippen LogP contribution in [-0.4, -0.2) is 18.4 Å². The number of anilines is 1. The smallest absolute Gasteiger partial charge is 0.251 e. The zero-order chi connectivity index (χ0) is 23.0. The van der Waals surface area contributed by atoms with Gasteiger partial charge in [-0.05, 0) is 55.2 Å². The number of fused-ring (bicyclic) bond motifs is 2. The number of carbonyl (C=O) groups excluding carboxylic acids is 2. The molecule has 0 saturated carbocycles. The summed E-state index contributed by atoms with van der Waals surface area (Å²) in [5, 5.41) is 2.91. The van der Waals surface area contributed by atoms with E-state index < -0.39 is 0 Å². The van der Waals surface area contributed by atoms with E-state index in [2.05, 4.69) is 17.2 Å². The van der Waals surface area contributed by atoms with Gasteiger partial charge in [-0.3, -0.25) is 9.59 Å². The van der Waals surface area contributed by atoms with Crippen LogP contribution in [0.15, 0.2) is 72.8 Å². The van der Waals surface area contributed by atoms with Gasteiger partial charge in [-0.1, -0.05) is 66.1 Å². The Bertz CT molecular complexity index is 1240. The third-order valence-electron chi connectivity index (χ3n) is 5.49. The van der Waals surface area contributed by atoms with Gasteiger partial charge in [-0.15, -0.1) is 0 Å². The third kappa shape index (κ3) is 5.73. The lowest BCUT2D eigenvalue weighted by molar-refractivity contribution is -0.118. The molecule has 1 aliphatic rings. The minimum atomic E-state index is -0.134. The SMILES string of the molecule is O=C(NCCCC(=O)N1Cc2ccccc2C#Cc2ccccc21)c1ccc(CP=S)cc1. The topological polar surface area (TPSA) is 49.4 Å². The molecule has 3 aromatic rings. The number of amides is 2. The molecule has 4 rings (SSSR count). The van der Waals surface area contributed by atoms with Crippen LogP contribution in [0.1, 0.15) is 45.5 Å². The van der Waals surface area contributed by atoms with Crippen molar-refractivity contribution in [2.24, 2.45) is 0 Å². The van der Waals surface area contributed by atoms with Crippen LogP contribution in [0.4, 0.5) is 5.69 Å². The fraction of sp³-hybridized carbons (Fsp3) is 0.185. The number of hydrogen-bond donors (Lipinski definition) is 1. The number of para-hydroxylation sites is 1. The summed E-state index contributed by atoms with van der Waals surface area (Å²) in [6.45, 7) is 0.909. The molecule has 2 amide bonds. The second kappa shape index (κ2) is 11.0. The first-order valence-electron chi connectivity index (χ1n) is 10.8. The average Bonchev–Trinajstić information content (AvgIpc) is 2.83. The standard InChI is InChI=1S/C27H23N2O2PS/c30-26(10-5-17-28-27(31)23-13-11-20(12-14-23)19-32-33)29-18-24-8-2-1-6-21(24)15-16-22-7-3-4-9-25(22)29/h1-4,6-9,11-14H,5,10,17-19H2,(H,28,31). The van der Waals surface area contributed by atoms with Gasteiger partial charge in [0.1, 0.15) is 0 Å². The van der Waals surface area contributed by atoms with Crippen molar-refractivity contribution in [2.45, 2.75) is 25.5 Å². The largest absolute Gasteiger partial charge is 0.352 e. The molecule has 3 aromatic carbocycles. The molecular formula is C27H23N2O2PS. The molecule has 4 nitrogen and oxygen atoms in total. The van der Waals surface area contributed by atoms with E-state index in [1.807, 2.05) is 72.8 Å². The van der Waals surface area contributed by atoms with Crippen molar-refractivity contribution in [3.63, 3.8) is 0 Å². The monoisotopic (exact) mass is 470 g/mol. The Hall–Kier alpha value is -3.32. The Morgan fingerprint density at radius 1 is 0.939 bits per heavy atom. The molecule has 0 radical (unpaired) electrons. The lowest BCUT2D eigenvalue weighted by atomic mass is 10.0. The van der Waals surface area contributed by atoms with Crippen LogP contribution in [0.5, 0.6) is 0 Å². The van der Waals surface area contributed by atoms with Crippen molar-refractivity contribution in [1.82, 2.24) is 5.32 Å². The van der Waals surface area contributed by atoms with Crippen molar-refractivity contribution >= 4 is 36.7 Å². The second-order valence-electron chi connectivity index (χ2n) is 7.75. The van der Waals surface area contributed by atoms with Crippen LogP contribution in [0.25, 0.3) is 0 Å². The van der Waals surface area contributed by atoms with Crippen LogP contribution in [0, 0.1) is 11.8 Å². The summed E-state index contributed by atoms with van der Waals surface area (Å²) in [5.41, 5.74) is 5.36. The Balaban J connectivity index is 1.38. The predicted molar refractivity (Wildman–Crippen MR) is 136 cm³/mol. The van der Waals surface area contributed by atoms with Gasteiger partial charge in [-0.2, -0.15) is 0 Å². The van der Waals surface area contributed by atoms with Crippen LogP contribution < -0.4 is 10.2 Å². The second-order valence-corrected chi connectivity index (χ2v) is 9.10. The quantitative estimate of drug-likeness (QED) is 0.299. The number of hydrogen-bond acceptors (Lipinski definition) is 3. The van der Waals surface area contributed by atoms with E-state index in [0.29, 0.717) is 31.5 Å². The highest BCUT2D eigenvalue weighted by molar-refractivity contribution is 7.96. The fourth-order valence-electron chi connectivity index (χ4n) is 3.72. The first-order valence-corrected chi connectivity index (χ1v) is 12.9. The van der Waals surface area contributed by atoms with E-state index in [-0.39, 0.29) is 11.8 Å². The van der Waals surface area contributed by atoms with Gasteiger partial charge in [0.15, 0.2) is 0 Å². The fourth-order valence-corrected chi connectivity index (χ4v) is 4.53. The Morgan fingerprint density at radius 2 is 1.64 bits per heavy atom. The van der Waals surface area contributed by atoms with Crippen LogP contribution in [0.2, 0.25) is 0 Å². The Labute approximate surface area is 200 Å². The van der Waals surface area contributed by atoms with Crippen LogP contribution in [0.3, 0.4) is 0 Å². The summed E-state index contributed by atoms with van der Waals surface area (Å²) in [7, 11) is 0.889. The molecule has 33 heavy (non-hydrogen) atoms. The molecule has 6 heteroatoms. The van der Waals surface area contributed by atoms with Crippen molar-refractivity contribution in [2.75, 3.05) is 11.4 Å². The van der Waals surface area contributed by atoms with Crippen molar-refractivity contribution < 1.29 is 9.59 Å². The molecule has 0 spiro atoms. The number of benzene rings is 3. The van der Waals surface area contributed by atoms with Gasteiger partial charge < -0.3 is 10.2 Å². The maximum Gasteiger partial charge on any atom is 0.251 e. The summed E-state index contributed by atoms with van der Waals surface area (Å²) >= 11 is 4.97. The van der Waals surface area contributed by atoms with Gasteiger partial charge in [-0.25, -0.2) is 0 Å². The third-order valence-corrected chi connectivity index (χ3v) is 6.37. The maximum absolute atomic E-state index is 13.2. The number of nitrogens with one attached hydrogen (secondary N) is 1. The van der Waals surface area contributed by atoms with Gasteiger partial charge in [0.2, 0.25) is 5.91 Å². The molecule has 164 valence electrons. The Morgan fingerprint density at radius 3 is 2.42 bits per heavy atom. The lowest BCUT2D eigenvalue weighted by Crippen LogP contribution is -2.32. The molecule has 0 fully saturated rings. The zero-order valence-corrected chi connectivity index (χ0v) is 19.8. The normalized spacial score (nSPS) is 11.9. The molecule has 0 saturated heterocycles. The van der Waals surface area contributed by atoms with Gasteiger partial charge in [0.05, 0.1) is 12.2 Å². The molecule has 0 unspecified atom stereocenters. The molecule has 0 aliphatic carbocycles. The van der Waals surface area contributed by atoms with Gasteiger partial charge in [0.25, 0.3) is 5.91 Å². The maximum atomic E-state index is 13.2. The van der Waals surface area contributed by atoms with Gasteiger partial charge >= 0.3 is 0 Å². The van der Waals surface area contributed by atoms with Crippen LogP contribution in [-0.2, 0) is 29.3 Å². The molecule has 0 atom stereocenters. The van der Waals surface area contributed by atoms with E-state index in [4.69, 9.17) is 11.8 Å². The first-order chi connectivity index (χ1) is 16.2. The molecule has 0 bridgehead atoms. The highest BCUT2D eigenvalue weighted by atomic mass is 32.4. The number of carbonyl (C=O) groups is 2. The molecule has 1 heterocycles. The number of nitrogens with zero attached hydrogens (tertiary/aromatic N) is 1. The minimum Gasteiger partial charge on any atom is -0.352 e. The van der Waals surface area contributed by atoms with E-state index in [0.717, 1.165) is 41.5 Å². The highest BCUT2D eigenvalue weighted by Gasteiger charge is 2.20. The van der Waals surface area contributed by atoms with E-state index in [9.17, 15) is 9.59 Å². The Kier molecular flexibility index (Phi) is 7.62. The molecule has 0 aromatic heterocycles. The predicted octanol–water partition coefficient (Wildman–Crippen LogP) is 5.05. The molecular weight excluding hydrogens is 447 g/mol. The number of rotatable bonds is 7. The van der Waals surface area contributed by atoms with Crippen molar-refractivity contribution in [3.05, 3.63) is 101 Å². The summed E-state index contributed by atoms with van der Waals surface area (Å²) < 4.78 is 0. The van der Waals surface area contributed by atoms with E-state index in [1.165, 1.54) is 0 Å². The average molecular weight is 471 g/mol. The summed E-state index contributed by atoms with van der Waals surface area (Å²) in [6, 6.07) is 23.1. The van der Waals surface area contributed by atoms with Crippen molar-refractivity contribution in [3.8, 4) is 11.8 Å². The minimum absolute atomic E-state index is 0.0163. The van der Waals surface area contributed by atoms with Crippen molar-refractivity contribution in [1.29, 1.82) is 0 Å². The molecule has 1 aliphatic heterocycles. The van der Waals surface area contributed by atoms with E-state index in [1.54, 1.807) is 4.90 Å². The van der Waals surface area contributed by atoms with Gasteiger partial charge in [0, 0.05) is 35.8 Å².